The molecule has 1 aromatic heterocycles. The van der Waals surface area contributed by atoms with Crippen molar-refractivity contribution in [2.75, 3.05) is 13.2 Å². The van der Waals surface area contributed by atoms with E-state index < -0.39 is 6.61 Å². The number of ether oxygens (including phenoxy) is 1. The fourth-order valence-corrected chi connectivity index (χ4v) is 3.46. The van der Waals surface area contributed by atoms with E-state index in [1.165, 1.54) is 6.07 Å². The molecule has 0 fully saturated rings. The molecule has 1 N–H and O–H groups in total. The number of carbonyl (C=O) groups excluding carboxylic acids is 1. The number of fused-ring (bicyclic) bond motifs is 3. The van der Waals surface area contributed by atoms with Gasteiger partial charge in [-0.05, 0) is 12.1 Å². The Labute approximate surface area is 157 Å². The van der Waals surface area contributed by atoms with E-state index in [1.54, 1.807) is 35.0 Å². The first kappa shape index (κ1) is 19.0. The number of carbonyl (C=O) groups is 1. The van der Waals surface area contributed by atoms with Crippen molar-refractivity contribution in [2.45, 2.75) is 26.8 Å². The zero-order valence-electron chi connectivity index (χ0n) is 15.6. The molecule has 0 radical (unpaired) electrons. The zero-order valence-corrected chi connectivity index (χ0v) is 15.6. The Kier molecular flexibility index (Phi) is 5.56. The van der Waals surface area contributed by atoms with Crippen LogP contribution in [0, 0.1) is 11.7 Å². The topological polar surface area (TPSA) is 64.3 Å². The van der Waals surface area contributed by atoms with Gasteiger partial charge in [0.25, 0.3) is 0 Å². The van der Waals surface area contributed by atoms with Crippen LogP contribution in [0.3, 0.4) is 0 Å². The number of aliphatic hydroxyl groups excluding tert-OH is 1. The molecule has 142 valence electrons. The maximum Gasteiger partial charge on any atom is 0.213 e. The SMILES string of the molecule is CC.CC1C=CC(C(=O)CO)=C2COc3cc(-c4ccccc4F)nn3C21. The van der Waals surface area contributed by atoms with Gasteiger partial charge >= 0.3 is 0 Å². The number of aromatic nitrogens is 2. The molecule has 1 aliphatic carbocycles. The largest absolute Gasteiger partial charge is 0.473 e. The van der Waals surface area contributed by atoms with Crippen molar-refractivity contribution >= 4 is 5.78 Å². The first-order chi connectivity index (χ1) is 13.1. The molecular weight excluding hydrogens is 347 g/mol. The molecule has 0 saturated heterocycles. The molecule has 27 heavy (non-hydrogen) atoms. The summed E-state index contributed by atoms with van der Waals surface area (Å²) in [6.45, 7) is 5.74. The number of hydrogen-bond donors (Lipinski definition) is 1. The lowest BCUT2D eigenvalue weighted by Crippen LogP contribution is -2.32. The van der Waals surface area contributed by atoms with E-state index in [4.69, 9.17) is 4.74 Å². The maximum absolute atomic E-state index is 14.1. The highest BCUT2D eigenvalue weighted by Gasteiger charge is 2.36. The summed E-state index contributed by atoms with van der Waals surface area (Å²) in [6, 6.07) is 7.99. The fourth-order valence-electron chi connectivity index (χ4n) is 3.46. The molecule has 6 heteroatoms. The zero-order chi connectivity index (χ0) is 19.6. The summed E-state index contributed by atoms with van der Waals surface area (Å²) >= 11 is 0. The average Bonchev–Trinajstić information content (AvgIpc) is 3.13. The predicted octanol–water partition coefficient (Wildman–Crippen LogP) is 3.71. The summed E-state index contributed by atoms with van der Waals surface area (Å²) in [4.78, 5) is 12.0. The first-order valence-electron chi connectivity index (χ1n) is 9.12. The van der Waals surface area contributed by atoms with Crippen LogP contribution >= 0.6 is 0 Å². The minimum Gasteiger partial charge on any atom is -0.473 e. The Hall–Kier alpha value is -2.73. The molecule has 0 bridgehead atoms. The molecule has 1 aliphatic heterocycles. The Morgan fingerprint density at radius 2 is 2.11 bits per heavy atom. The van der Waals surface area contributed by atoms with Crippen molar-refractivity contribution in [1.29, 1.82) is 0 Å². The van der Waals surface area contributed by atoms with Crippen LogP contribution in [0.15, 0.2) is 53.6 Å². The van der Waals surface area contributed by atoms with Crippen molar-refractivity contribution in [3.8, 4) is 17.1 Å². The van der Waals surface area contributed by atoms with E-state index in [9.17, 15) is 14.3 Å². The smallest absolute Gasteiger partial charge is 0.213 e. The maximum atomic E-state index is 14.1. The van der Waals surface area contributed by atoms with Gasteiger partial charge in [-0.1, -0.05) is 45.1 Å². The highest BCUT2D eigenvalue weighted by Crippen LogP contribution is 2.41. The lowest BCUT2D eigenvalue weighted by atomic mass is 9.84. The molecule has 2 atom stereocenters. The van der Waals surface area contributed by atoms with Crippen LogP contribution in [0.25, 0.3) is 11.3 Å². The number of ketones is 1. The second-order valence-electron chi connectivity index (χ2n) is 6.26. The first-order valence-corrected chi connectivity index (χ1v) is 9.12. The summed E-state index contributed by atoms with van der Waals surface area (Å²) in [7, 11) is 0. The summed E-state index contributed by atoms with van der Waals surface area (Å²) in [6.07, 6.45) is 3.67. The van der Waals surface area contributed by atoms with Gasteiger partial charge in [-0.2, -0.15) is 5.10 Å². The van der Waals surface area contributed by atoms with Gasteiger partial charge in [-0.3, -0.25) is 4.79 Å². The predicted molar refractivity (Wildman–Crippen MR) is 101 cm³/mol. The monoisotopic (exact) mass is 370 g/mol. The van der Waals surface area contributed by atoms with Gasteiger partial charge in [0.1, 0.15) is 19.0 Å². The standard InChI is InChI=1S/C19H17FN2O3.C2H6/c1-11-6-7-12(17(24)9-23)14-10-25-18-8-16(21-22(18)19(11)14)13-4-2-3-5-15(13)20;1-2/h2-8,11,19,23H,9-10H2,1H3;1-2H3. The summed E-state index contributed by atoms with van der Waals surface area (Å²) in [5.74, 6) is -0.0376. The molecule has 2 heterocycles. The van der Waals surface area contributed by atoms with E-state index >= 15 is 0 Å². The molecule has 2 unspecified atom stereocenters. The van der Waals surface area contributed by atoms with E-state index in [0.29, 0.717) is 22.7 Å². The number of nitrogens with zero attached hydrogens (tertiary/aromatic N) is 2. The third-order valence-corrected chi connectivity index (χ3v) is 4.70. The molecule has 2 aliphatic rings. The van der Waals surface area contributed by atoms with Gasteiger partial charge in [0.05, 0.1) is 11.7 Å². The van der Waals surface area contributed by atoms with Crippen molar-refractivity contribution in [3.05, 3.63) is 59.4 Å². The van der Waals surface area contributed by atoms with Gasteiger partial charge < -0.3 is 9.84 Å². The number of hydrogen-bond acceptors (Lipinski definition) is 4. The van der Waals surface area contributed by atoms with E-state index in [2.05, 4.69) is 5.10 Å². The van der Waals surface area contributed by atoms with Gasteiger partial charge in [-0.15, -0.1) is 0 Å². The third-order valence-electron chi connectivity index (χ3n) is 4.70. The minimum atomic E-state index is -0.545. The molecular formula is C21H23FN2O3. The van der Waals surface area contributed by atoms with Crippen LogP contribution in [0.2, 0.25) is 0 Å². The van der Waals surface area contributed by atoms with Crippen LogP contribution in [0.4, 0.5) is 4.39 Å². The van der Waals surface area contributed by atoms with Gasteiger partial charge in [-0.25, -0.2) is 9.07 Å². The normalized spacial score (nSPS) is 20.2. The molecule has 1 aromatic carbocycles. The molecule has 2 aromatic rings. The van der Waals surface area contributed by atoms with E-state index in [-0.39, 0.29) is 30.2 Å². The van der Waals surface area contributed by atoms with E-state index in [1.807, 2.05) is 26.8 Å². The number of allylic oxidation sites excluding steroid dienone is 2. The summed E-state index contributed by atoms with van der Waals surface area (Å²) in [5, 5.41) is 13.7. The highest BCUT2D eigenvalue weighted by atomic mass is 19.1. The average molecular weight is 370 g/mol. The lowest BCUT2D eigenvalue weighted by Gasteiger charge is -2.34. The van der Waals surface area contributed by atoms with Crippen molar-refractivity contribution in [3.63, 3.8) is 0 Å². The van der Waals surface area contributed by atoms with Gasteiger partial charge in [0.2, 0.25) is 5.88 Å². The Bertz CT molecular complexity index is 914. The number of benzene rings is 1. The summed E-state index contributed by atoms with van der Waals surface area (Å²) in [5.41, 5.74) is 2.17. The van der Waals surface area contributed by atoms with Gasteiger partial charge in [0, 0.05) is 28.7 Å². The number of aliphatic hydroxyl groups is 1. The quantitative estimate of drug-likeness (QED) is 0.895. The fraction of sp³-hybridized carbons (Fsp3) is 0.333. The molecule has 0 saturated carbocycles. The van der Waals surface area contributed by atoms with Crippen LogP contribution in [-0.4, -0.2) is 33.9 Å². The second-order valence-corrected chi connectivity index (χ2v) is 6.26. The Morgan fingerprint density at radius 3 is 2.81 bits per heavy atom. The summed E-state index contributed by atoms with van der Waals surface area (Å²) < 4.78 is 21.5. The number of halogens is 1. The third kappa shape index (κ3) is 3.32. The van der Waals surface area contributed by atoms with Crippen LogP contribution in [-0.2, 0) is 4.79 Å². The van der Waals surface area contributed by atoms with Crippen molar-refractivity contribution < 1.29 is 19.0 Å². The van der Waals surface area contributed by atoms with Crippen LogP contribution in [0.1, 0.15) is 26.8 Å². The number of Topliss-reactive ketones (excluding diaryl/α,β-unsaturated/α-hetero) is 1. The molecule has 4 rings (SSSR count). The Morgan fingerprint density at radius 1 is 1.37 bits per heavy atom. The molecule has 5 nitrogen and oxygen atoms in total. The van der Waals surface area contributed by atoms with E-state index in [0.717, 1.165) is 5.57 Å². The number of rotatable bonds is 3. The van der Waals surface area contributed by atoms with Crippen molar-refractivity contribution in [1.82, 2.24) is 9.78 Å². The van der Waals surface area contributed by atoms with Crippen LogP contribution in [0.5, 0.6) is 5.88 Å². The molecule has 0 amide bonds. The second kappa shape index (κ2) is 7.88. The van der Waals surface area contributed by atoms with Crippen molar-refractivity contribution in [2.24, 2.45) is 5.92 Å². The molecule has 0 spiro atoms. The highest BCUT2D eigenvalue weighted by molar-refractivity contribution is 6.00. The lowest BCUT2D eigenvalue weighted by molar-refractivity contribution is -0.118. The minimum absolute atomic E-state index is 0.0984. The van der Waals surface area contributed by atoms with Gasteiger partial charge in [0.15, 0.2) is 5.78 Å². The van der Waals surface area contributed by atoms with Crippen LogP contribution < -0.4 is 4.74 Å². The Balaban J connectivity index is 0.00000102.